The van der Waals surface area contributed by atoms with E-state index in [2.05, 4.69) is 25.7 Å². The van der Waals surface area contributed by atoms with Gasteiger partial charge in [-0.05, 0) is 38.5 Å². The number of nitrogen functional groups attached to an aromatic ring is 1. The highest BCUT2D eigenvalue weighted by Gasteiger charge is 2.13. The van der Waals surface area contributed by atoms with Crippen molar-refractivity contribution in [2.45, 2.75) is 46.1 Å². The van der Waals surface area contributed by atoms with E-state index in [4.69, 9.17) is 17.3 Å². The standard InChI is InChI=1S/C14H23ClN2/c1-4-5-6-9-17(11(2)3)14-8-7-12(16)10-13(14)15/h7-8,10-11H,4-6,9,16H2,1-3H3. The highest BCUT2D eigenvalue weighted by atomic mass is 35.5. The Morgan fingerprint density at radius 3 is 2.53 bits per heavy atom. The van der Waals surface area contributed by atoms with Crippen molar-refractivity contribution in [2.24, 2.45) is 0 Å². The molecule has 1 rings (SSSR count). The van der Waals surface area contributed by atoms with E-state index in [-0.39, 0.29) is 0 Å². The summed E-state index contributed by atoms with van der Waals surface area (Å²) < 4.78 is 0. The van der Waals surface area contributed by atoms with Gasteiger partial charge in [-0.25, -0.2) is 0 Å². The van der Waals surface area contributed by atoms with Crippen LogP contribution in [-0.2, 0) is 0 Å². The van der Waals surface area contributed by atoms with Crippen molar-refractivity contribution in [1.29, 1.82) is 0 Å². The molecule has 2 N–H and O–H groups in total. The Labute approximate surface area is 110 Å². The number of hydrogen-bond acceptors (Lipinski definition) is 2. The van der Waals surface area contributed by atoms with Gasteiger partial charge in [0.05, 0.1) is 10.7 Å². The summed E-state index contributed by atoms with van der Waals surface area (Å²) >= 11 is 6.26. The van der Waals surface area contributed by atoms with Gasteiger partial charge in [-0.2, -0.15) is 0 Å². The van der Waals surface area contributed by atoms with Crippen LogP contribution < -0.4 is 10.6 Å². The van der Waals surface area contributed by atoms with Crippen LogP contribution in [0.2, 0.25) is 5.02 Å². The largest absolute Gasteiger partial charge is 0.399 e. The second-order valence-corrected chi connectivity index (χ2v) is 5.11. The van der Waals surface area contributed by atoms with Crippen LogP contribution >= 0.6 is 11.6 Å². The molecule has 0 saturated carbocycles. The summed E-state index contributed by atoms with van der Waals surface area (Å²) in [5, 5.41) is 0.746. The van der Waals surface area contributed by atoms with Gasteiger partial charge >= 0.3 is 0 Å². The SMILES string of the molecule is CCCCCN(c1ccc(N)cc1Cl)C(C)C. The summed E-state index contributed by atoms with van der Waals surface area (Å²) in [5.74, 6) is 0. The number of rotatable bonds is 6. The first-order chi connectivity index (χ1) is 8.06. The molecule has 0 saturated heterocycles. The van der Waals surface area contributed by atoms with Gasteiger partial charge in [-0.1, -0.05) is 31.4 Å². The molecule has 0 radical (unpaired) electrons. The molecule has 0 fully saturated rings. The van der Waals surface area contributed by atoms with Gasteiger partial charge in [0, 0.05) is 18.3 Å². The summed E-state index contributed by atoms with van der Waals surface area (Å²) in [6.45, 7) is 7.66. The average molecular weight is 255 g/mol. The monoisotopic (exact) mass is 254 g/mol. The molecule has 0 unspecified atom stereocenters. The minimum absolute atomic E-state index is 0.452. The number of unbranched alkanes of at least 4 members (excludes halogenated alkanes) is 2. The predicted octanol–water partition coefficient (Wildman–Crippen LogP) is 4.33. The van der Waals surface area contributed by atoms with Crippen molar-refractivity contribution in [1.82, 2.24) is 0 Å². The fraction of sp³-hybridized carbons (Fsp3) is 0.571. The fourth-order valence-corrected chi connectivity index (χ4v) is 2.24. The van der Waals surface area contributed by atoms with Gasteiger partial charge in [-0.3, -0.25) is 0 Å². The third-order valence-corrected chi connectivity index (χ3v) is 3.21. The van der Waals surface area contributed by atoms with E-state index < -0.39 is 0 Å². The van der Waals surface area contributed by atoms with Crippen LogP contribution in [0, 0.1) is 0 Å². The summed E-state index contributed by atoms with van der Waals surface area (Å²) in [7, 11) is 0. The van der Waals surface area contributed by atoms with Crippen LogP contribution in [0.5, 0.6) is 0 Å². The molecular formula is C14H23ClN2. The first-order valence-corrected chi connectivity index (χ1v) is 6.75. The Bertz CT molecular complexity index is 350. The van der Waals surface area contributed by atoms with Crippen molar-refractivity contribution in [3.8, 4) is 0 Å². The maximum atomic E-state index is 6.26. The first-order valence-electron chi connectivity index (χ1n) is 6.38. The number of anilines is 2. The zero-order chi connectivity index (χ0) is 12.8. The minimum Gasteiger partial charge on any atom is -0.399 e. The van der Waals surface area contributed by atoms with E-state index in [0.29, 0.717) is 6.04 Å². The van der Waals surface area contributed by atoms with E-state index in [1.165, 1.54) is 19.3 Å². The number of benzene rings is 1. The minimum atomic E-state index is 0.452. The lowest BCUT2D eigenvalue weighted by molar-refractivity contribution is 0.626. The molecule has 1 aromatic carbocycles. The van der Waals surface area contributed by atoms with Crippen LogP contribution in [0.4, 0.5) is 11.4 Å². The molecule has 0 amide bonds. The summed E-state index contributed by atoms with van der Waals surface area (Å²) in [4.78, 5) is 2.34. The molecule has 0 aliphatic heterocycles. The average Bonchev–Trinajstić information content (AvgIpc) is 2.25. The van der Waals surface area contributed by atoms with E-state index in [1.54, 1.807) is 0 Å². The molecule has 0 aromatic heterocycles. The third kappa shape index (κ3) is 4.12. The molecule has 0 bridgehead atoms. The molecule has 0 heterocycles. The number of nitrogens with two attached hydrogens (primary N) is 1. The van der Waals surface area contributed by atoms with Crippen molar-refractivity contribution in [2.75, 3.05) is 17.2 Å². The molecule has 1 aromatic rings. The van der Waals surface area contributed by atoms with Crippen molar-refractivity contribution in [3.05, 3.63) is 23.2 Å². The molecule has 0 atom stereocenters. The quantitative estimate of drug-likeness (QED) is 0.605. The Morgan fingerprint density at radius 1 is 1.29 bits per heavy atom. The molecule has 0 aliphatic carbocycles. The van der Waals surface area contributed by atoms with Gasteiger partial charge < -0.3 is 10.6 Å². The maximum absolute atomic E-state index is 6.26. The second kappa shape index (κ2) is 6.75. The Hall–Kier alpha value is -0.890. The molecule has 2 nitrogen and oxygen atoms in total. The Balaban J connectivity index is 2.82. The van der Waals surface area contributed by atoms with E-state index in [0.717, 1.165) is 22.9 Å². The molecule has 96 valence electrons. The maximum Gasteiger partial charge on any atom is 0.0660 e. The fourth-order valence-electron chi connectivity index (χ4n) is 1.95. The summed E-state index contributed by atoms with van der Waals surface area (Å²) in [5.41, 5.74) is 7.53. The second-order valence-electron chi connectivity index (χ2n) is 4.71. The van der Waals surface area contributed by atoms with Crippen LogP contribution in [0.15, 0.2) is 18.2 Å². The highest BCUT2D eigenvalue weighted by molar-refractivity contribution is 6.33. The summed E-state index contributed by atoms with van der Waals surface area (Å²) in [6.07, 6.45) is 3.70. The lowest BCUT2D eigenvalue weighted by Gasteiger charge is -2.30. The van der Waals surface area contributed by atoms with Gasteiger partial charge in [0.25, 0.3) is 0 Å². The van der Waals surface area contributed by atoms with Crippen LogP contribution in [-0.4, -0.2) is 12.6 Å². The van der Waals surface area contributed by atoms with Gasteiger partial charge in [-0.15, -0.1) is 0 Å². The summed E-state index contributed by atoms with van der Waals surface area (Å²) in [6, 6.07) is 6.21. The zero-order valence-corrected chi connectivity index (χ0v) is 11.8. The predicted molar refractivity (Wildman–Crippen MR) is 77.9 cm³/mol. The van der Waals surface area contributed by atoms with E-state index in [9.17, 15) is 0 Å². The highest BCUT2D eigenvalue weighted by Crippen LogP contribution is 2.29. The Morgan fingerprint density at radius 2 is 2.00 bits per heavy atom. The van der Waals surface area contributed by atoms with Crippen LogP contribution in [0.25, 0.3) is 0 Å². The molecular weight excluding hydrogens is 232 g/mol. The third-order valence-electron chi connectivity index (χ3n) is 2.91. The molecule has 0 aliphatic rings. The van der Waals surface area contributed by atoms with E-state index in [1.807, 2.05) is 18.2 Å². The molecule has 0 spiro atoms. The first kappa shape index (κ1) is 14.2. The lowest BCUT2D eigenvalue weighted by Crippen LogP contribution is -2.32. The van der Waals surface area contributed by atoms with Crippen molar-refractivity contribution in [3.63, 3.8) is 0 Å². The number of nitrogens with zero attached hydrogens (tertiary/aromatic N) is 1. The van der Waals surface area contributed by atoms with Gasteiger partial charge in [0.1, 0.15) is 0 Å². The van der Waals surface area contributed by atoms with Crippen LogP contribution in [0.1, 0.15) is 40.0 Å². The van der Waals surface area contributed by atoms with Crippen molar-refractivity contribution < 1.29 is 0 Å². The topological polar surface area (TPSA) is 29.3 Å². The van der Waals surface area contributed by atoms with Gasteiger partial charge in [0.15, 0.2) is 0 Å². The smallest absolute Gasteiger partial charge is 0.0660 e. The lowest BCUT2D eigenvalue weighted by atomic mass is 10.2. The van der Waals surface area contributed by atoms with Gasteiger partial charge in [0.2, 0.25) is 0 Å². The molecule has 17 heavy (non-hydrogen) atoms. The van der Waals surface area contributed by atoms with Crippen molar-refractivity contribution >= 4 is 23.0 Å². The number of hydrogen-bond donors (Lipinski definition) is 1. The normalized spacial score (nSPS) is 10.9. The van der Waals surface area contributed by atoms with Crippen LogP contribution in [0.3, 0.4) is 0 Å². The Kier molecular flexibility index (Phi) is 5.63. The zero-order valence-electron chi connectivity index (χ0n) is 11.0. The van der Waals surface area contributed by atoms with E-state index >= 15 is 0 Å². The number of halogens is 1. The molecule has 3 heteroatoms.